The lowest BCUT2D eigenvalue weighted by molar-refractivity contribution is 0.309. The van der Waals surface area contributed by atoms with Crippen molar-refractivity contribution in [2.24, 2.45) is 0 Å². The molecule has 1 saturated heterocycles. The molecule has 1 aliphatic heterocycles. The Balaban J connectivity index is 1.51. The van der Waals surface area contributed by atoms with E-state index in [4.69, 9.17) is 23.2 Å². The Morgan fingerprint density at radius 1 is 0.900 bits per heavy atom. The van der Waals surface area contributed by atoms with E-state index >= 15 is 0 Å². The number of halogens is 2. The molecule has 156 valence electrons. The van der Waals surface area contributed by atoms with Crippen LogP contribution in [0, 0.1) is 6.92 Å². The number of hydrogen-bond acceptors (Lipinski definition) is 3. The predicted octanol–water partition coefficient (Wildman–Crippen LogP) is 6.89. The van der Waals surface area contributed by atoms with Crippen molar-refractivity contribution in [2.45, 2.75) is 30.1 Å². The Kier molecular flexibility index (Phi) is 7.07. The van der Waals surface area contributed by atoms with Crippen LogP contribution >= 0.6 is 35.1 Å². The normalized spacial score (nSPS) is 15.8. The van der Waals surface area contributed by atoms with Gasteiger partial charge in [0.25, 0.3) is 0 Å². The van der Waals surface area contributed by atoms with Crippen LogP contribution in [0.5, 0.6) is 0 Å². The van der Waals surface area contributed by atoms with Crippen molar-refractivity contribution in [3.05, 3.63) is 87.9 Å². The van der Waals surface area contributed by atoms with Crippen molar-refractivity contribution in [1.82, 2.24) is 10.0 Å². The van der Waals surface area contributed by atoms with Gasteiger partial charge in [-0.2, -0.15) is 0 Å². The summed E-state index contributed by atoms with van der Waals surface area (Å²) in [5.41, 5.74) is 5.34. The molecule has 0 unspecified atom stereocenters. The molecule has 0 atom stereocenters. The molecule has 30 heavy (non-hydrogen) atoms. The molecule has 0 saturated carbocycles. The van der Waals surface area contributed by atoms with E-state index in [0.29, 0.717) is 10.0 Å². The zero-order valence-electron chi connectivity index (χ0n) is 17.1. The van der Waals surface area contributed by atoms with Crippen LogP contribution in [0.15, 0.2) is 71.6 Å². The van der Waals surface area contributed by atoms with Crippen molar-refractivity contribution >= 4 is 35.1 Å². The highest BCUT2D eigenvalue weighted by atomic mass is 35.5. The molecule has 0 bridgehead atoms. The molecule has 3 aromatic rings. The first-order chi connectivity index (χ1) is 14.5. The van der Waals surface area contributed by atoms with Gasteiger partial charge in [0.2, 0.25) is 0 Å². The van der Waals surface area contributed by atoms with Gasteiger partial charge in [0, 0.05) is 26.9 Å². The first kappa shape index (κ1) is 21.7. The third kappa shape index (κ3) is 5.22. The van der Waals surface area contributed by atoms with E-state index in [2.05, 4.69) is 65.5 Å². The van der Waals surface area contributed by atoms with Gasteiger partial charge >= 0.3 is 0 Å². The topological polar surface area (TPSA) is 24.1 Å². The van der Waals surface area contributed by atoms with Gasteiger partial charge in [0.1, 0.15) is 0 Å². The Hall–Kier alpha value is -1.49. The first-order valence-corrected chi connectivity index (χ1v) is 11.9. The van der Waals surface area contributed by atoms with E-state index in [1.54, 1.807) is 18.0 Å². The predicted molar refractivity (Wildman–Crippen MR) is 131 cm³/mol. The molecule has 0 radical (unpaired) electrons. The molecule has 0 aliphatic carbocycles. The molecule has 0 aromatic heterocycles. The van der Waals surface area contributed by atoms with E-state index in [1.807, 2.05) is 12.1 Å². The van der Waals surface area contributed by atoms with Crippen LogP contribution in [0.3, 0.4) is 0 Å². The Morgan fingerprint density at radius 3 is 2.27 bits per heavy atom. The molecule has 1 aliphatic rings. The second-order valence-corrected chi connectivity index (χ2v) is 9.84. The molecular formula is C25H26Cl2N2S. The van der Waals surface area contributed by atoms with Crippen molar-refractivity contribution in [1.29, 1.82) is 0 Å². The summed E-state index contributed by atoms with van der Waals surface area (Å²) in [5, 5.41) is 4.83. The fourth-order valence-electron chi connectivity index (χ4n) is 4.16. The van der Waals surface area contributed by atoms with Crippen LogP contribution in [0.25, 0.3) is 11.1 Å². The number of benzene rings is 3. The monoisotopic (exact) mass is 456 g/mol. The van der Waals surface area contributed by atoms with E-state index in [0.717, 1.165) is 37.4 Å². The van der Waals surface area contributed by atoms with Crippen molar-refractivity contribution in [3.8, 4) is 11.1 Å². The maximum Gasteiger partial charge on any atom is 0.0432 e. The number of hydrogen-bond donors (Lipinski definition) is 2. The summed E-state index contributed by atoms with van der Waals surface area (Å²) in [6, 6.07) is 23.5. The zero-order valence-corrected chi connectivity index (χ0v) is 19.4. The minimum absolute atomic E-state index is 0.117. The maximum atomic E-state index is 6.14. The summed E-state index contributed by atoms with van der Waals surface area (Å²) in [6.07, 6.45) is 2.22. The van der Waals surface area contributed by atoms with Gasteiger partial charge in [-0.05, 0) is 79.7 Å². The van der Waals surface area contributed by atoms with Gasteiger partial charge in [-0.1, -0.05) is 77.3 Å². The third-order valence-electron chi connectivity index (χ3n) is 5.85. The Bertz CT molecular complexity index is 978. The second kappa shape index (κ2) is 9.76. The van der Waals surface area contributed by atoms with E-state index in [9.17, 15) is 0 Å². The number of piperidine rings is 1. The van der Waals surface area contributed by atoms with Crippen LogP contribution in [0.4, 0.5) is 0 Å². The van der Waals surface area contributed by atoms with Crippen LogP contribution in [-0.2, 0) is 5.41 Å². The van der Waals surface area contributed by atoms with E-state index < -0.39 is 0 Å². The molecule has 5 heteroatoms. The zero-order chi connectivity index (χ0) is 21.0. The fraction of sp³-hybridized carbons (Fsp3) is 0.280. The van der Waals surface area contributed by atoms with Crippen molar-refractivity contribution in [2.75, 3.05) is 19.6 Å². The summed E-state index contributed by atoms with van der Waals surface area (Å²) in [7, 11) is 0. The average molecular weight is 457 g/mol. The SMILES string of the molecule is Cc1cccc(-c2ccc(C3(CNSc4cc(Cl)cc(Cl)c4)CCNCC3)cc2)c1. The number of aryl methyl sites for hydroxylation is 1. The van der Waals surface area contributed by atoms with E-state index in [1.165, 1.54) is 22.3 Å². The molecule has 2 nitrogen and oxygen atoms in total. The molecule has 4 rings (SSSR count). The van der Waals surface area contributed by atoms with Gasteiger partial charge in [-0.15, -0.1) is 0 Å². The largest absolute Gasteiger partial charge is 0.317 e. The second-order valence-electron chi connectivity index (χ2n) is 8.01. The molecule has 3 aromatic carbocycles. The quantitative estimate of drug-likeness (QED) is 0.394. The third-order valence-corrected chi connectivity index (χ3v) is 7.04. The number of nitrogens with one attached hydrogen (secondary N) is 2. The average Bonchev–Trinajstić information content (AvgIpc) is 2.74. The summed E-state index contributed by atoms with van der Waals surface area (Å²) >= 11 is 13.9. The van der Waals surface area contributed by atoms with Gasteiger partial charge < -0.3 is 5.32 Å². The smallest absolute Gasteiger partial charge is 0.0432 e. The number of rotatable bonds is 6. The van der Waals surface area contributed by atoms with Crippen molar-refractivity contribution < 1.29 is 0 Å². The minimum Gasteiger partial charge on any atom is -0.317 e. The first-order valence-electron chi connectivity index (χ1n) is 10.3. The lowest BCUT2D eigenvalue weighted by Gasteiger charge is -2.38. The molecule has 0 spiro atoms. The van der Waals surface area contributed by atoms with Crippen LogP contribution in [-0.4, -0.2) is 19.6 Å². The van der Waals surface area contributed by atoms with Gasteiger partial charge in [-0.25, -0.2) is 0 Å². The maximum absolute atomic E-state index is 6.14. The molecular weight excluding hydrogens is 431 g/mol. The van der Waals surface area contributed by atoms with Crippen LogP contribution in [0.2, 0.25) is 10.0 Å². The van der Waals surface area contributed by atoms with Gasteiger partial charge in [0.15, 0.2) is 0 Å². The molecule has 0 amide bonds. The summed E-state index contributed by atoms with van der Waals surface area (Å²) in [5.74, 6) is 0. The molecule has 1 fully saturated rings. The standard InChI is InChI=1S/C25H26Cl2N2S/c1-18-3-2-4-20(13-18)19-5-7-21(8-6-19)25(9-11-28-12-10-25)17-29-30-24-15-22(26)14-23(27)16-24/h2-8,13-16,28-29H,9-12,17H2,1H3. The highest BCUT2D eigenvalue weighted by Gasteiger charge is 2.33. The highest BCUT2D eigenvalue weighted by Crippen LogP contribution is 2.35. The Morgan fingerprint density at radius 2 is 1.60 bits per heavy atom. The molecule has 2 N–H and O–H groups in total. The Labute approximate surface area is 193 Å². The lowest BCUT2D eigenvalue weighted by Crippen LogP contribution is -2.45. The van der Waals surface area contributed by atoms with Gasteiger partial charge in [-0.3, -0.25) is 4.72 Å². The lowest BCUT2D eigenvalue weighted by atomic mass is 9.73. The minimum atomic E-state index is 0.117. The van der Waals surface area contributed by atoms with Gasteiger partial charge in [0.05, 0.1) is 0 Å². The summed E-state index contributed by atoms with van der Waals surface area (Å²) in [4.78, 5) is 1.03. The van der Waals surface area contributed by atoms with Crippen LogP contribution < -0.4 is 10.0 Å². The van der Waals surface area contributed by atoms with Crippen LogP contribution in [0.1, 0.15) is 24.0 Å². The molecule has 1 heterocycles. The van der Waals surface area contributed by atoms with Crippen molar-refractivity contribution in [3.63, 3.8) is 0 Å². The highest BCUT2D eigenvalue weighted by molar-refractivity contribution is 7.97. The fourth-order valence-corrected chi connectivity index (χ4v) is 5.70. The van der Waals surface area contributed by atoms with E-state index in [-0.39, 0.29) is 5.41 Å². The summed E-state index contributed by atoms with van der Waals surface area (Å²) < 4.78 is 3.59. The summed E-state index contributed by atoms with van der Waals surface area (Å²) in [6.45, 7) is 5.11.